The zero-order chi connectivity index (χ0) is 23.2. The fraction of sp³-hybridized carbons (Fsp3) is 0.346. The molecule has 2 heterocycles. The maximum absolute atomic E-state index is 13.9. The van der Waals surface area contributed by atoms with Crippen LogP contribution in [0.3, 0.4) is 0 Å². The first-order valence-electron chi connectivity index (χ1n) is 11.1. The van der Waals surface area contributed by atoms with Crippen LogP contribution in [0.25, 0.3) is 5.57 Å². The summed E-state index contributed by atoms with van der Waals surface area (Å²) >= 11 is 1.30. The van der Waals surface area contributed by atoms with Crippen LogP contribution in [0.4, 0.5) is 17.6 Å². The van der Waals surface area contributed by atoms with Gasteiger partial charge >= 0.3 is 6.18 Å². The second-order valence-corrected chi connectivity index (χ2v) is 9.98. The number of hydrogen-bond donors (Lipinski definition) is 0. The molecule has 1 saturated carbocycles. The normalized spacial score (nSPS) is 21.2. The Kier molecular flexibility index (Phi) is 5.85. The number of fused-ring (bicyclic) bond motifs is 2. The Bertz CT molecular complexity index is 1160. The number of carbonyl (C=O) groups excluding carboxylic acids is 1. The van der Waals surface area contributed by atoms with Gasteiger partial charge in [-0.1, -0.05) is 17.8 Å². The number of alkyl halides is 3. The molecule has 0 saturated heterocycles. The van der Waals surface area contributed by atoms with E-state index in [1.54, 1.807) is 6.07 Å². The number of rotatable bonds is 2. The Morgan fingerprint density at radius 1 is 0.970 bits per heavy atom. The standard InChI is InChI=1S/C26H23F4NOS/c27-19-4-7-21-24(14-19)33-23-8-3-18(26(28,29)30)13-22(23)25(21)17-9-11-31(12-10-17)15-16-1-5-20(32)6-2-16/h3-4,7-9,11,13-14,16H,1-2,5-6,10,12,15H2. The molecular weight excluding hydrogens is 450 g/mol. The largest absolute Gasteiger partial charge is 0.416 e. The van der Waals surface area contributed by atoms with E-state index in [0.29, 0.717) is 46.3 Å². The van der Waals surface area contributed by atoms with Gasteiger partial charge in [0.25, 0.3) is 0 Å². The molecule has 2 nitrogen and oxygen atoms in total. The molecule has 0 aromatic heterocycles. The third-order valence-corrected chi connectivity index (χ3v) is 7.77. The topological polar surface area (TPSA) is 20.3 Å². The minimum absolute atomic E-state index is 0.342. The average molecular weight is 474 g/mol. The van der Waals surface area contributed by atoms with E-state index >= 15 is 0 Å². The average Bonchev–Trinajstić information content (AvgIpc) is 2.78. The molecule has 0 atom stereocenters. The summed E-state index contributed by atoms with van der Waals surface area (Å²) in [4.78, 5) is 15.2. The number of allylic oxidation sites excluding steroid dienone is 1. The number of benzene rings is 2. The van der Waals surface area contributed by atoms with Crippen LogP contribution in [0.1, 0.15) is 48.8 Å². The number of Topliss-reactive ketones (excluding diaryl/α,β-unsaturated/α-hetero) is 1. The van der Waals surface area contributed by atoms with Crippen LogP contribution in [0.5, 0.6) is 0 Å². The van der Waals surface area contributed by atoms with Gasteiger partial charge in [-0.05, 0) is 90.1 Å². The van der Waals surface area contributed by atoms with Crippen LogP contribution < -0.4 is 0 Å². The fourth-order valence-electron chi connectivity index (χ4n) is 4.88. The molecule has 33 heavy (non-hydrogen) atoms. The molecular formula is C26H23F4NOS. The number of carbonyl (C=O) groups is 1. The molecule has 3 aliphatic rings. The van der Waals surface area contributed by atoms with E-state index in [1.165, 1.54) is 36.0 Å². The molecule has 2 aromatic carbocycles. The molecule has 0 N–H and O–H groups in total. The fourth-order valence-corrected chi connectivity index (χ4v) is 5.97. The van der Waals surface area contributed by atoms with Crippen molar-refractivity contribution >= 4 is 23.1 Å². The molecule has 0 amide bonds. The SMILES string of the molecule is O=C1CCC(CN2C=CC(=C3c4ccc(F)cc4Sc4ccc(C(F)(F)F)cc43)CC2)CC1. The predicted octanol–water partition coefficient (Wildman–Crippen LogP) is 7.09. The van der Waals surface area contributed by atoms with Gasteiger partial charge in [-0.25, -0.2) is 4.39 Å². The van der Waals surface area contributed by atoms with E-state index in [0.717, 1.165) is 48.7 Å². The highest BCUT2D eigenvalue weighted by molar-refractivity contribution is 7.99. The van der Waals surface area contributed by atoms with Crippen molar-refractivity contribution in [3.63, 3.8) is 0 Å². The number of halogens is 4. The van der Waals surface area contributed by atoms with E-state index in [2.05, 4.69) is 4.90 Å². The highest BCUT2D eigenvalue weighted by Gasteiger charge is 2.33. The summed E-state index contributed by atoms with van der Waals surface area (Å²) in [5.41, 5.74) is 2.35. The van der Waals surface area contributed by atoms with Gasteiger partial charge in [-0.15, -0.1) is 0 Å². The lowest BCUT2D eigenvalue weighted by Crippen LogP contribution is -2.30. The quantitative estimate of drug-likeness (QED) is 0.371. The smallest absolute Gasteiger partial charge is 0.377 e. The second kappa shape index (κ2) is 8.67. The summed E-state index contributed by atoms with van der Waals surface area (Å²) < 4.78 is 54.3. The van der Waals surface area contributed by atoms with Crippen molar-refractivity contribution in [2.75, 3.05) is 13.1 Å². The first kappa shape index (κ1) is 22.3. The summed E-state index contributed by atoms with van der Waals surface area (Å²) in [5, 5.41) is 0. The zero-order valence-electron chi connectivity index (χ0n) is 17.9. The molecule has 7 heteroatoms. The van der Waals surface area contributed by atoms with E-state index < -0.39 is 11.7 Å². The van der Waals surface area contributed by atoms with Gasteiger partial charge in [0.15, 0.2) is 0 Å². The van der Waals surface area contributed by atoms with E-state index in [9.17, 15) is 22.4 Å². The van der Waals surface area contributed by atoms with Crippen LogP contribution in [-0.2, 0) is 11.0 Å². The highest BCUT2D eigenvalue weighted by Crippen LogP contribution is 2.49. The van der Waals surface area contributed by atoms with Crippen molar-refractivity contribution in [3.8, 4) is 0 Å². The maximum Gasteiger partial charge on any atom is 0.416 e. The van der Waals surface area contributed by atoms with Gasteiger partial charge in [-0.2, -0.15) is 13.2 Å². The lowest BCUT2D eigenvalue weighted by Gasteiger charge is -2.32. The molecule has 5 rings (SSSR count). The minimum atomic E-state index is -4.43. The van der Waals surface area contributed by atoms with Crippen LogP contribution in [0.2, 0.25) is 0 Å². The van der Waals surface area contributed by atoms with Gasteiger partial charge in [0.2, 0.25) is 0 Å². The van der Waals surface area contributed by atoms with Crippen molar-refractivity contribution < 1.29 is 22.4 Å². The molecule has 0 unspecified atom stereocenters. The Labute approximate surface area is 194 Å². The number of hydrogen-bond acceptors (Lipinski definition) is 3. The third-order valence-electron chi connectivity index (χ3n) is 6.64. The zero-order valence-corrected chi connectivity index (χ0v) is 18.7. The Hall–Kier alpha value is -2.54. The first-order chi connectivity index (χ1) is 15.8. The Morgan fingerprint density at radius 3 is 2.45 bits per heavy atom. The summed E-state index contributed by atoms with van der Waals surface area (Å²) in [5.74, 6) is 0.471. The molecule has 172 valence electrons. The molecule has 0 bridgehead atoms. The summed E-state index contributed by atoms with van der Waals surface area (Å²) in [6, 6.07) is 8.27. The summed E-state index contributed by atoms with van der Waals surface area (Å²) in [7, 11) is 0. The summed E-state index contributed by atoms with van der Waals surface area (Å²) in [6.45, 7) is 1.65. The monoisotopic (exact) mass is 473 g/mol. The minimum Gasteiger partial charge on any atom is -0.377 e. The van der Waals surface area contributed by atoms with Crippen molar-refractivity contribution in [2.45, 2.75) is 48.1 Å². The molecule has 0 radical (unpaired) electrons. The van der Waals surface area contributed by atoms with Gasteiger partial charge in [0, 0.05) is 35.7 Å². The molecule has 2 aromatic rings. The third kappa shape index (κ3) is 4.60. The van der Waals surface area contributed by atoms with Crippen molar-refractivity contribution in [2.24, 2.45) is 5.92 Å². The van der Waals surface area contributed by atoms with Crippen molar-refractivity contribution in [3.05, 3.63) is 76.8 Å². The Balaban J connectivity index is 1.51. The highest BCUT2D eigenvalue weighted by atomic mass is 32.2. The van der Waals surface area contributed by atoms with Crippen molar-refractivity contribution in [1.82, 2.24) is 4.90 Å². The molecule has 2 aliphatic heterocycles. The summed E-state index contributed by atoms with van der Waals surface area (Å²) in [6.07, 6.45) is 3.40. The van der Waals surface area contributed by atoms with Crippen LogP contribution in [-0.4, -0.2) is 23.8 Å². The molecule has 0 spiro atoms. The second-order valence-electron chi connectivity index (χ2n) is 8.89. The van der Waals surface area contributed by atoms with Crippen LogP contribution >= 0.6 is 11.8 Å². The number of ketones is 1. The predicted molar refractivity (Wildman–Crippen MR) is 120 cm³/mol. The lowest BCUT2D eigenvalue weighted by atomic mass is 9.87. The maximum atomic E-state index is 13.9. The van der Waals surface area contributed by atoms with Gasteiger partial charge in [-0.3, -0.25) is 4.79 Å². The Morgan fingerprint density at radius 2 is 1.76 bits per heavy atom. The molecule has 1 aliphatic carbocycles. The first-order valence-corrected chi connectivity index (χ1v) is 12.0. The lowest BCUT2D eigenvalue weighted by molar-refractivity contribution is -0.137. The van der Waals surface area contributed by atoms with E-state index in [1.807, 2.05) is 12.3 Å². The van der Waals surface area contributed by atoms with Crippen molar-refractivity contribution in [1.29, 1.82) is 0 Å². The van der Waals surface area contributed by atoms with Gasteiger partial charge in [0.1, 0.15) is 11.6 Å². The van der Waals surface area contributed by atoms with E-state index in [-0.39, 0.29) is 5.82 Å². The van der Waals surface area contributed by atoms with Crippen LogP contribution in [0, 0.1) is 11.7 Å². The molecule has 1 fully saturated rings. The van der Waals surface area contributed by atoms with Gasteiger partial charge in [0.05, 0.1) is 5.56 Å². The number of nitrogens with zero attached hydrogens (tertiary/aromatic N) is 1. The van der Waals surface area contributed by atoms with Gasteiger partial charge < -0.3 is 4.90 Å². The van der Waals surface area contributed by atoms with Crippen LogP contribution in [0.15, 0.2) is 64.0 Å². The van der Waals surface area contributed by atoms with E-state index in [4.69, 9.17) is 0 Å².